The fraction of sp³-hybridized carbons (Fsp3) is 0.452. The zero-order valence-electron chi connectivity index (χ0n) is 21.9. The van der Waals surface area contributed by atoms with Gasteiger partial charge in [-0.3, -0.25) is 9.69 Å². The van der Waals surface area contributed by atoms with Crippen LogP contribution in [0.15, 0.2) is 60.7 Å². The van der Waals surface area contributed by atoms with E-state index >= 15 is 0 Å². The summed E-state index contributed by atoms with van der Waals surface area (Å²) >= 11 is 0. The number of anilines is 1. The van der Waals surface area contributed by atoms with E-state index in [0.717, 1.165) is 81.8 Å². The van der Waals surface area contributed by atoms with E-state index in [-0.39, 0.29) is 11.9 Å². The van der Waals surface area contributed by atoms with Crippen molar-refractivity contribution < 1.29 is 9.53 Å². The Morgan fingerprint density at radius 1 is 0.892 bits per heavy atom. The minimum absolute atomic E-state index is 0.0505. The van der Waals surface area contributed by atoms with E-state index < -0.39 is 0 Å². The summed E-state index contributed by atoms with van der Waals surface area (Å²) < 4.78 is 5.43. The van der Waals surface area contributed by atoms with Gasteiger partial charge in [-0.2, -0.15) is 0 Å². The molecule has 6 rings (SSSR count). The molecule has 0 aromatic heterocycles. The number of hydrogen-bond donors (Lipinski definition) is 1. The van der Waals surface area contributed by atoms with E-state index in [1.807, 2.05) is 30.3 Å². The molecule has 0 radical (unpaired) electrons. The van der Waals surface area contributed by atoms with Gasteiger partial charge in [-0.1, -0.05) is 30.3 Å². The number of aryl methyl sites for hydroxylation is 1. The van der Waals surface area contributed by atoms with Crippen LogP contribution in [0, 0.1) is 0 Å². The molecule has 3 aromatic rings. The number of hydrogen-bond acceptors (Lipinski definition) is 5. The SMILES string of the molecule is COc1ccc2c(c1)CC[C@@H]1CN(CCN3CCC(NC(=O)c4ccc5ccccc5c4)CC3)CCN21. The lowest BCUT2D eigenvalue weighted by Gasteiger charge is -2.46. The molecule has 3 aliphatic rings. The number of amides is 1. The highest BCUT2D eigenvalue weighted by atomic mass is 16.5. The van der Waals surface area contributed by atoms with Crippen LogP contribution in [-0.2, 0) is 6.42 Å². The Balaban J connectivity index is 0.950. The molecule has 1 N–H and O–H groups in total. The molecule has 0 bridgehead atoms. The number of rotatable bonds is 6. The van der Waals surface area contributed by atoms with Crippen molar-refractivity contribution >= 4 is 22.4 Å². The maximum absolute atomic E-state index is 12.9. The maximum atomic E-state index is 12.9. The summed E-state index contributed by atoms with van der Waals surface area (Å²) in [6.45, 7) is 7.75. The first-order chi connectivity index (χ1) is 18.2. The third-order valence-corrected chi connectivity index (χ3v) is 8.58. The van der Waals surface area contributed by atoms with Gasteiger partial charge in [0.2, 0.25) is 0 Å². The Morgan fingerprint density at radius 2 is 1.70 bits per heavy atom. The largest absolute Gasteiger partial charge is 0.497 e. The normalized spacial score (nSPS) is 20.9. The van der Waals surface area contributed by atoms with Crippen molar-refractivity contribution in [1.82, 2.24) is 15.1 Å². The number of piperidine rings is 1. The van der Waals surface area contributed by atoms with Crippen LogP contribution in [0.1, 0.15) is 35.2 Å². The van der Waals surface area contributed by atoms with Crippen molar-refractivity contribution in [3.8, 4) is 5.75 Å². The Kier molecular flexibility index (Phi) is 7.03. The van der Waals surface area contributed by atoms with E-state index in [4.69, 9.17) is 4.74 Å². The Labute approximate surface area is 220 Å². The minimum Gasteiger partial charge on any atom is -0.497 e. The van der Waals surface area contributed by atoms with E-state index in [1.165, 1.54) is 23.1 Å². The van der Waals surface area contributed by atoms with Crippen LogP contribution < -0.4 is 15.0 Å². The molecule has 2 fully saturated rings. The fourth-order valence-corrected chi connectivity index (χ4v) is 6.36. The Morgan fingerprint density at radius 3 is 2.54 bits per heavy atom. The van der Waals surface area contributed by atoms with Crippen LogP contribution in [-0.4, -0.2) is 80.7 Å². The molecule has 2 saturated heterocycles. The summed E-state index contributed by atoms with van der Waals surface area (Å²) in [7, 11) is 1.75. The molecule has 3 heterocycles. The second-order valence-electron chi connectivity index (χ2n) is 10.8. The molecule has 6 heteroatoms. The number of piperazine rings is 1. The van der Waals surface area contributed by atoms with Crippen LogP contribution in [0.25, 0.3) is 10.8 Å². The van der Waals surface area contributed by atoms with Crippen molar-refractivity contribution in [2.45, 2.75) is 37.8 Å². The first-order valence-corrected chi connectivity index (χ1v) is 13.8. The molecule has 0 saturated carbocycles. The van der Waals surface area contributed by atoms with Gasteiger partial charge >= 0.3 is 0 Å². The van der Waals surface area contributed by atoms with E-state index in [9.17, 15) is 4.79 Å². The Hall–Kier alpha value is -3.09. The van der Waals surface area contributed by atoms with Gasteiger partial charge in [0.05, 0.1) is 7.11 Å². The van der Waals surface area contributed by atoms with Crippen molar-refractivity contribution in [2.24, 2.45) is 0 Å². The summed E-state index contributed by atoms with van der Waals surface area (Å²) in [5.41, 5.74) is 3.59. The van der Waals surface area contributed by atoms with Crippen molar-refractivity contribution in [3.63, 3.8) is 0 Å². The van der Waals surface area contributed by atoms with E-state index in [2.05, 4.69) is 50.3 Å². The highest BCUT2D eigenvalue weighted by Gasteiger charge is 2.32. The molecule has 0 aliphatic carbocycles. The number of nitrogens with one attached hydrogen (secondary N) is 1. The number of likely N-dealkylation sites (tertiary alicyclic amines) is 1. The van der Waals surface area contributed by atoms with Gasteiger partial charge in [0.25, 0.3) is 5.91 Å². The number of benzene rings is 3. The smallest absolute Gasteiger partial charge is 0.251 e. The summed E-state index contributed by atoms with van der Waals surface area (Å²) in [5.74, 6) is 1.02. The predicted octanol–water partition coefficient (Wildman–Crippen LogP) is 4.18. The molecule has 0 unspecified atom stereocenters. The van der Waals surface area contributed by atoms with Crippen LogP contribution in [0.5, 0.6) is 5.75 Å². The van der Waals surface area contributed by atoms with Gasteiger partial charge in [-0.15, -0.1) is 0 Å². The van der Waals surface area contributed by atoms with Crippen LogP contribution in [0.3, 0.4) is 0 Å². The zero-order valence-corrected chi connectivity index (χ0v) is 21.9. The van der Waals surface area contributed by atoms with Gasteiger partial charge in [0, 0.05) is 69.1 Å². The monoisotopic (exact) mass is 498 g/mol. The third-order valence-electron chi connectivity index (χ3n) is 8.58. The van der Waals surface area contributed by atoms with Gasteiger partial charge in [0.1, 0.15) is 5.75 Å². The zero-order chi connectivity index (χ0) is 25.2. The molecule has 3 aliphatic heterocycles. The number of nitrogens with zero attached hydrogens (tertiary/aromatic N) is 3. The molecule has 37 heavy (non-hydrogen) atoms. The Bertz CT molecular complexity index is 1250. The summed E-state index contributed by atoms with van der Waals surface area (Å²) in [4.78, 5) is 20.7. The minimum atomic E-state index is 0.0505. The van der Waals surface area contributed by atoms with Crippen molar-refractivity contribution in [3.05, 3.63) is 71.8 Å². The number of carbonyl (C=O) groups excluding carboxylic acids is 1. The molecular weight excluding hydrogens is 460 g/mol. The van der Waals surface area contributed by atoms with Gasteiger partial charge in [-0.25, -0.2) is 0 Å². The first kappa shape index (κ1) is 24.3. The van der Waals surface area contributed by atoms with Gasteiger partial charge in [-0.05, 0) is 72.4 Å². The molecule has 1 amide bonds. The van der Waals surface area contributed by atoms with E-state index in [0.29, 0.717) is 6.04 Å². The summed E-state index contributed by atoms with van der Waals surface area (Å²) in [6.07, 6.45) is 4.41. The molecule has 3 aromatic carbocycles. The lowest BCUT2D eigenvalue weighted by atomic mass is 9.93. The lowest BCUT2D eigenvalue weighted by molar-refractivity contribution is 0.0905. The van der Waals surface area contributed by atoms with Gasteiger partial charge < -0.3 is 19.9 Å². The highest BCUT2D eigenvalue weighted by Crippen LogP contribution is 2.35. The second-order valence-corrected chi connectivity index (χ2v) is 10.8. The third kappa shape index (κ3) is 5.32. The van der Waals surface area contributed by atoms with Crippen LogP contribution in [0.4, 0.5) is 5.69 Å². The predicted molar refractivity (Wildman–Crippen MR) is 150 cm³/mol. The standard InChI is InChI=1S/C31H38N4O2/c1-37-29-10-11-30-25(21-29)8-9-28-22-34(18-19-35(28)30)17-16-33-14-12-27(13-15-33)32-31(36)26-7-6-23-4-2-3-5-24(23)20-26/h2-7,10-11,20-21,27-28H,8-9,12-19,22H2,1H3,(H,32,36)/t28-/m1/s1. The van der Waals surface area contributed by atoms with Crippen molar-refractivity contribution in [2.75, 3.05) is 57.8 Å². The molecule has 6 nitrogen and oxygen atoms in total. The molecule has 1 atom stereocenters. The summed E-state index contributed by atoms with van der Waals surface area (Å²) in [5, 5.41) is 5.57. The molecule has 194 valence electrons. The van der Waals surface area contributed by atoms with Crippen molar-refractivity contribution in [1.29, 1.82) is 0 Å². The quantitative estimate of drug-likeness (QED) is 0.553. The summed E-state index contributed by atoms with van der Waals surface area (Å²) in [6, 6.07) is 21.6. The number of methoxy groups -OCH3 is 1. The van der Waals surface area contributed by atoms with Crippen LogP contribution >= 0.6 is 0 Å². The average Bonchev–Trinajstić information content (AvgIpc) is 2.96. The average molecular weight is 499 g/mol. The second kappa shape index (κ2) is 10.7. The highest BCUT2D eigenvalue weighted by molar-refractivity contribution is 5.98. The van der Waals surface area contributed by atoms with Gasteiger partial charge in [0.15, 0.2) is 0 Å². The molecular formula is C31H38N4O2. The number of carbonyl (C=O) groups is 1. The molecule has 0 spiro atoms. The number of ether oxygens (including phenoxy) is 1. The topological polar surface area (TPSA) is 48.1 Å². The maximum Gasteiger partial charge on any atom is 0.251 e. The fourth-order valence-electron chi connectivity index (χ4n) is 6.36. The first-order valence-electron chi connectivity index (χ1n) is 13.8. The lowest BCUT2D eigenvalue weighted by Crippen LogP contribution is -2.56. The van der Waals surface area contributed by atoms with Crippen LogP contribution in [0.2, 0.25) is 0 Å². The number of fused-ring (bicyclic) bond motifs is 4. The van der Waals surface area contributed by atoms with E-state index in [1.54, 1.807) is 7.11 Å².